The Hall–Kier alpha value is -2.21. The molecule has 0 spiro atoms. The zero-order chi connectivity index (χ0) is 17.1. The largest absolute Gasteiger partial charge is 0.338 e. The van der Waals surface area contributed by atoms with Crippen molar-refractivity contribution < 1.29 is 4.79 Å². The number of carbonyl (C=O) groups excluding carboxylic acids is 1. The standard InChI is InChI=1S/C18H24N4O2/c1-13-6-9-22(14(10-13)11-19)17(23)7-8-21-12-20-16-5-3-2-4-15(16)18(21)24/h2-5,12-14H,6-11,19H2,1H3. The minimum absolute atomic E-state index is 0.0670. The fourth-order valence-corrected chi connectivity index (χ4v) is 3.43. The number of carbonyl (C=O) groups is 1. The molecule has 0 saturated carbocycles. The highest BCUT2D eigenvalue weighted by Crippen LogP contribution is 2.22. The number of para-hydroxylation sites is 1. The van der Waals surface area contributed by atoms with Crippen LogP contribution in [0.4, 0.5) is 0 Å². The third-order valence-electron chi connectivity index (χ3n) is 4.87. The van der Waals surface area contributed by atoms with Crippen molar-refractivity contribution in [1.82, 2.24) is 14.5 Å². The van der Waals surface area contributed by atoms with Gasteiger partial charge in [-0.1, -0.05) is 19.1 Å². The fraction of sp³-hybridized carbons (Fsp3) is 0.500. The maximum atomic E-state index is 12.6. The molecule has 3 rings (SSSR count). The number of fused-ring (bicyclic) bond motifs is 1. The molecule has 6 heteroatoms. The first-order valence-corrected chi connectivity index (χ1v) is 8.54. The van der Waals surface area contributed by atoms with E-state index in [1.807, 2.05) is 23.1 Å². The van der Waals surface area contributed by atoms with Crippen LogP contribution in [0.25, 0.3) is 10.9 Å². The zero-order valence-corrected chi connectivity index (χ0v) is 14.0. The summed E-state index contributed by atoms with van der Waals surface area (Å²) < 4.78 is 1.52. The summed E-state index contributed by atoms with van der Waals surface area (Å²) in [5, 5.41) is 0.582. The third-order valence-corrected chi connectivity index (χ3v) is 4.87. The fourth-order valence-electron chi connectivity index (χ4n) is 3.43. The SMILES string of the molecule is CC1CCN(C(=O)CCn2cnc3ccccc3c2=O)C(CN)C1. The van der Waals surface area contributed by atoms with Gasteiger partial charge in [0.1, 0.15) is 0 Å². The van der Waals surface area contributed by atoms with Gasteiger partial charge in [0.05, 0.1) is 17.2 Å². The van der Waals surface area contributed by atoms with Gasteiger partial charge in [-0.3, -0.25) is 14.2 Å². The maximum Gasteiger partial charge on any atom is 0.261 e. The molecule has 2 N–H and O–H groups in total. The first-order valence-electron chi connectivity index (χ1n) is 8.54. The Bertz CT molecular complexity index is 786. The Morgan fingerprint density at radius 1 is 1.38 bits per heavy atom. The van der Waals surface area contributed by atoms with Crippen LogP contribution in [0.1, 0.15) is 26.2 Å². The number of benzene rings is 1. The highest BCUT2D eigenvalue weighted by Gasteiger charge is 2.28. The second-order valence-electron chi connectivity index (χ2n) is 6.62. The van der Waals surface area contributed by atoms with Gasteiger partial charge in [-0.05, 0) is 30.9 Å². The van der Waals surface area contributed by atoms with Crippen LogP contribution in [0.5, 0.6) is 0 Å². The van der Waals surface area contributed by atoms with E-state index in [4.69, 9.17) is 5.73 Å². The molecule has 24 heavy (non-hydrogen) atoms. The van der Waals surface area contributed by atoms with E-state index in [0.29, 0.717) is 36.3 Å². The van der Waals surface area contributed by atoms with E-state index in [1.165, 1.54) is 10.9 Å². The second-order valence-corrected chi connectivity index (χ2v) is 6.62. The summed E-state index contributed by atoms with van der Waals surface area (Å²) in [4.78, 5) is 31.2. The molecular weight excluding hydrogens is 304 g/mol. The lowest BCUT2D eigenvalue weighted by molar-refractivity contribution is -0.135. The number of rotatable bonds is 4. The van der Waals surface area contributed by atoms with Crippen molar-refractivity contribution in [2.45, 2.75) is 38.8 Å². The average molecular weight is 328 g/mol. The molecule has 2 heterocycles. The lowest BCUT2D eigenvalue weighted by Crippen LogP contribution is -2.49. The molecule has 1 aliphatic rings. The summed E-state index contributed by atoms with van der Waals surface area (Å²) in [6, 6.07) is 7.37. The van der Waals surface area contributed by atoms with E-state index in [0.717, 1.165) is 19.4 Å². The van der Waals surface area contributed by atoms with Gasteiger partial charge < -0.3 is 10.6 Å². The van der Waals surface area contributed by atoms with Crippen molar-refractivity contribution in [2.24, 2.45) is 11.7 Å². The predicted molar refractivity (Wildman–Crippen MR) is 93.6 cm³/mol. The van der Waals surface area contributed by atoms with Gasteiger partial charge in [-0.2, -0.15) is 0 Å². The molecule has 1 saturated heterocycles. The molecule has 6 nitrogen and oxygen atoms in total. The Morgan fingerprint density at radius 3 is 2.96 bits per heavy atom. The van der Waals surface area contributed by atoms with Crippen molar-refractivity contribution in [3.63, 3.8) is 0 Å². The van der Waals surface area contributed by atoms with Crippen LogP contribution < -0.4 is 11.3 Å². The van der Waals surface area contributed by atoms with Crippen molar-refractivity contribution in [1.29, 1.82) is 0 Å². The Labute approximate surface area is 141 Å². The number of hydrogen-bond acceptors (Lipinski definition) is 4. The number of amides is 1. The van der Waals surface area contributed by atoms with E-state index in [9.17, 15) is 9.59 Å². The predicted octanol–water partition coefficient (Wildman–Crippen LogP) is 1.37. The number of nitrogens with zero attached hydrogens (tertiary/aromatic N) is 3. The van der Waals surface area contributed by atoms with Crippen LogP contribution in [0.3, 0.4) is 0 Å². The number of nitrogens with two attached hydrogens (primary N) is 1. The average Bonchev–Trinajstić information content (AvgIpc) is 2.61. The number of aromatic nitrogens is 2. The second kappa shape index (κ2) is 7.13. The van der Waals surface area contributed by atoms with Crippen LogP contribution in [0.2, 0.25) is 0 Å². The van der Waals surface area contributed by atoms with Crippen molar-refractivity contribution >= 4 is 16.8 Å². The number of hydrogen-bond donors (Lipinski definition) is 1. The van der Waals surface area contributed by atoms with Crippen LogP contribution in [0, 0.1) is 5.92 Å². The van der Waals surface area contributed by atoms with Gasteiger partial charge >= 0.3 is 0 Å². The minimum Gasteiger partial charge on any atom is -0.338 e. The van der Waals surface area contributed by atoms with Gasteiger partial charge in [0.15, 0.2) is 0 Å². The summed E-state index contributed by atoms with van der Waals surface area (Å²) in [5.41, 5.74) is 6.41. The summed E-state index contributed by atoms with van der Waals surface area (Å²) in [5.74, 6) is 0.673. The van der Waals surface area contributed by atoms with Gasteiger partial charge in [-0.15, -0.1) is 0 Å². The topological polar surface area (TPSA) is 81.2 Å². The van der Waals surface area contributed by atoms with Crippen LogP contribution >= 0.6 is 0 Å². The van der Waals surface area contributed by atoms with Crippen molar-refractivity contribution in [3.8, 4) is 0 Å². The first kappa shape index (κ1) is 16.6. The minimum atomic E-state index is -0.101. The summed E-state index contributed by atoms with van der Waals surface area (Å²) in [6.07, 6.45) is 3.79. The summed E-state index contributed by atoms with van der Waals surface area (Å²) >= 11 is 0. The molecule has 1 aromatic carbocycles. The van der Waals surface area contributed by atoms with Crippen molar-refractivity contribution in [3.05, 3.63) is 40.9 Å². The third kappa shape index (κ3) is 3.33. The van der Waals surface area contributed by atoms with Gasteiger partial charge in [0, 0.05) is 32.1 Å². The smallest absolute Gasteiger partial charge is 0.261 e. The molecule has 1 aromatic heterocycles. The van der Waals surface area contributed by atoms with Crippen LogP contribution in [-0.2, 0) is 11.3 Å². The van der Waals surface area contributed by atoms with Crippen molar-refractivity contribution in [2.75, 3.05) is 13.1 Å². The molecule has 1 aliphatic heterocycles. The van der Waals surface area contributed by atoms with E-state index >= 15 is 0 Å². The molecule has 0 radical (unpaired) electrons. The highest BCUT2D eigenvalue weighted by atomic mass is 16.2. The Morgan fingerprint density at radius 2 is 2.17 bits per heavy atom. The van der Waals surface area contributed by atoms with Crippen LogP contribution in [-0.4, -0.2) is 39.5 Å². The highest BCUT2D eigenvalue weighted by molar-refractivity contribution is 5.78. The number of aryl methyl sites for hydroxylation is 1. The van der Waals surface area contributed by atoms with E-state index < -0.39 is 0 Å². The molecule has 1 amide bonds. The molecule has 0 aliphatic carbocycles. The van der Waals surface area contributed by atoms with E-state index in [2.05, 4.69) is 11.9 Å². The molecule has 2 unspecified atom stereocenters. The maximum absolute atomic E-state index is 12.6. The Balaban J connectivity index is 1.70. The number of piperidine rings is 1. The lowest BCUT2D eigenvalue weighted by atomic mass is 9.92. The first-order chi connectivity index (χ1) is 11.6. The molecule has 0 bridgehead atoms. The molecule has 2 atom stereocenters. The quantitative estimate of drug-likeness (QED) is 0.919. The van der Waals surface area contributed by atoms with E-state index in [-0.39, 0.29) is 17.5 Å². The summed E-state index contributed by atoms with van der Waals surface area (Å²) in [6.45, 7) is 3.80. The van der Waals surface area contributed by atoms with Gasteiger partial charge in [-0.25, -0.2) is 4.98 Å². The van der Waals surface area contributed by atoms with Gasteiger partial charge in [0.25, 0.3) is 5.56 Å². The van der Waals surface area contributed by atoms with Crippen LogP contribution in [0.15, 0.2) is 35.4 Å². The van der Waals surface area contributed by atoms with Gasteiger partial charge in [0.2, 0.25) is 5.91 Å². The molecule has 128 valence electrons. The lowest BCUT2D eigenvalue weighted by Gasteiger charge is -2.38. The number of likely N-dealkylation sites (tertiary alicyclic amines) is 1. The van der Waals surface area contributed by atoms with E-state index in [1.54, 1.807) is 6.07 Å². The Kier molecular flexibility index (Phi) is 4.94. The summed E-state index contributed by atoms with van der Waals surface area (Å²) in [7, 11) is 0. The molecule has 1 fully saturated rings. The molecule has 2 aromatic rings. The monoisotopic (exact) mass is 328 g/mol. The normalized spacial score (nSPS) is 21.2. The molecular formula is C18H24N4O2. The zero-order valence-electron chi connectivity index (χ0n) is 14.0.